The van der Waals surface area contributed by atoms with Crippen LogP contribution in [0.2, 0.25) is 0 Å². The van der Waals surface area contributed by atoms with E-state index in [0.717, 1.165) is 48.6 Å². The van der Waals surface area contributed by atoms with Crippen LogP contribution in [0.4, 0.5) is 11.6 Å². The number of hydrogen-bond acceptors (Lipinski definition) is 7. The molecule has 2 heterocycles. The highest BCUT2D eigenvalue weighted by Gasteiger charge is 2.12. The van der Waals surface area contributed by atoms with E-state index >= 15 is 0 Å². The third kappa shape index (κ3) is 22.0. The summed E-state index contributed by atoms with van der Waals surface area (Å²) in [5.41, 5.74) is 5.73. The molecule has 0 fully saturated rings. The average molecular weight is 569 g/mol. The lowest BCUT2D eigenvalue weighted by Gasteiger charge is -2.23. The maximum Gasteiger partial charge on any atom is 0.320 e. The van der Waals surface area contributed by atoms with Gasteiger partial charge in [0.1, 0.15) is 5.82 Å². The number of nitrogens with zero attached hydrogens (tertiary/aromatic N) is 5. The maximum absolute atomic E-state index is 5.88. The molecule has 0 saturated carbocycles. The first-order valence-corrected chi connectivity index (χ1v) is 15.2. The fourth-order valence-corrected chi connectivity index (χ4v) is 2.98. The normalized spacial score (nSPS) is 10.2. The fourth-order valence-electron chi connectivity index (χ4n) is 2.98. The van der Waals surface area contributed by atoms with Crippen molar-refractivity contribution in [3.05, 3.63) is 72.6 Å². The summed E-state index contributed by atoms with van der Waals surface area (Å²) >= 11 is 0. The Labute approximate surface area is 253 Å². The van der Waals surface area contributed by atoms with Crippen molar-refractivity contribution < 1.29 is 6.16 Å². The van der Waals surface area contributed by atoms with Gasteiger partial charge in [-0.1, -0.05) is 112 Å². The number of hydrogen-bond donors (Lipinski definition) is 1. The van der Waals surface area contributed by atoms with E-state index in [4.69, 9.17) is 4.74 Å². The second-order valence-electron chi connectivity index (χ2n) is 9.49. The molecule has 2 aromatic heterocycles. The highest BCUT2D eigenvalue weighted by Crippen LogP contribution is 2.20. The van der Waals surface area contributed by atoms with E-state index in [9.17, 15) is 0 Å². The molecule has 232 valence electrons. The lowest BCUT2D eigenvalue weighted by molar-refractivity contribution is 0.295. The van der Waals surface area contributed by atoms with Crippen LogP contribution in [0, 0.1) is 0 Å². The van der Waals surface area contributed by atoms with Crippen LogP contribution in [0.5, 0.6) is 6.01 Å². The number of aromatic nitrogens is 3. The third-order valence-electron chi connectivity index (χ3n) is 4.36. The van der Waals surface area contributed by atoms with Gasteiger partial charge in [-0.3, -0.25) is 10.4 Å². The van der Waals surface area contributed by atoms with Crippen molar-refractivity contribution in [3.8, 4) is 6.01 Å². The molecule has 0 atom stereocenters. The van der Waals surface area contributed by atoms with Gasteiger partial charge in [0.25, 0.3) is 0 Å². The molecule has 1 N–H and O–H groups in total. The van der Waals surface area contributed by atoms with Gasteiger partial charge in [-0.15, -0.1) is 0 Å². The fraction of sp³-hybridized carbons (Fsp3) is 0.529. The van der Waals surface area contributed by atoms with Crippen LogP contribution < -0.4 is 15.1 Å². The standard InChI is InChI=1S/C25H34N6O.3C3H8.H2/c1-6-14-31(15-7-2)24-18-23(30-27-19-21(8-3)17-20(4)5)28-25(29-24)32-16-12-22-11-9-10-13-26-22;3*1-3-2;/h8-11,13,17-19H,3-4,6-7,12,14-16H2,1-2,5H3,(H,28,29,30);3*3H2,1-2H3;1H/b21-17+,27-19+;;;;. The summed E-state index contributed by atoms with van der Waals surface area (Å²) < 4.78 is 5.88. The van der Waals surface area contributed by atoms with Crippen LogP contribution in [0.25, 0.3) is 0 Å². The zero-order valence-electron chi connectivity index (χ0n) is 27.5. The Morgan fingerprint density at radius 2 is 1.61 bits per heavy atom. The van der Waals surface area contributed by atoms with E-state index in [2.05, 4.69) is 98.9 Å². The van der Waals surface area contributed by atoms with Crippen molar-refractivity contribution in [2.75, 3.05) is 30.0 Å². The monoisotopic (exact) mass is 568 g/mol. The molecular weight excluding hydrogens is 508 g/mol. The highest BCUT2D eigenvalue weighted by atomic mass is 16.5. The zero-order valence-corrected chi connectivity index (χ0v) is 27.5. The van der Waals surface area contributed by atoms with Gasteiger partial charge in [0.2, 0.25) is 0 Å². The van der Waals surface area contributed by atoms with Crippen LogP contribution in [0.15, 0.2) is 72.0 Å². The third-order valence-corrected chi connectivity index (χ3v) is 4.36. The van der Waals surface area contributed by atoms with Gasteiger partial charge in [0.05, 0.1) is 12.8 Å². The van der Waals surface area contributed by atoms with Crippen LogP contribution in [0.3, 0.4) is 0 Å². The van der Waals surface area contributed by atoms with Gasteiger partial charge in [0.15, 0.2) is 5.82 Å². The van der Waals surface area contributed by atoms with E-state index in [1.54, 1.807) is 18.5 Å². The first-order valence-electron chi connectivity index (χ1n) is 15.2. The smallest absolute Gasteiger partial charge is 0.320 e. The van der Waals surface area contributed by atoms with Gasteiger partial charge in [0, 0.05) is 38.9 Å². The Kier molecular flexibility index (Phi) is 27.1. The molecule has 7 heteroatoms. The van der Waals surface area contributed by atoms with Crippen LogP contribution >= 0.6 is 0 Å². The maximum atomic E-state index is 5.88. The van der Waals surface area contributed by atoms with Crippen LogP contribution in [-0.2, 0) is 6.42 Å². The van der Waals surface area contributed by atoms with Gasteiger partial charge >= 0.3 is 6.01 Å². The van der Waals surface area contributed by atoms with Crippen molar-refractivity contribution >= 4 is 17.9 Å². The minimum Gasteiger partial charge on any atom is -0.463 e. The molecule has 0 saturated heterocycles. The number of nitrogens with one attached hydrogen (secondary N) is 1. The summed E-state index contributed by atoms with van der Waals surface area (Å²) in [5, 5.41) is 4.30. The predicted octanol–water partition coefficient (Wildman–Crippen LogP) is 9.70. The summed E-state index contributed by atoms with van der Waals surface area (Å²) in [5.74, 6) is 1.38. The van der Waals surface area contributed by atoms with E-state index in [-0.39, 0.29) is 1.43 Å². The first-order chi connectivity index (χ1) is 19.8. The van der Waals surface area contributed by atoms with Gasteiger partial charge < -0.3 is 9.64 Å². The number of rotatable bonds is 14. The molecule has 0 aliphatic heterocycles. The highest BCUT2D eigenvalue weighted by molar-refractivity contribution is 5.83. The average Bonchev–Trinajstić information content (AvgIpc) is 2.94. The number of anilines is 2. The van der Waals surface area contributed by atoms with E-state index in [1.165, 1.54) is 19.3 Å². The molecule has 2 aromatic rings. The molecular formula is C34H60N6O. The lowest BCUT2D eigenvalue weighted by Crippen LogP contribution is -2.26. The van der Waals surface area contributed by atoms with Crippen molar-refractivity contribution in [1.82, 2.24) is 15.0 Å². The van der Waals surface area contributed by atoms with Crippen molar-refractivity contribution in [2.24, 2.45) is 5.10 Å². The Morgan fingerprint density at radius 1 is 1.00 bits per heavy atom. The molecule has 0 spiro atoms. The van der Waals surface area contributed by atoms with Gasteiger partial charge in [-0.05, 0) is 37.5 Å². The summed E-state index contributed by atoms with van der Waals surface area (Å²) in [6.07, 6.45) is 13.6. The van der Waals surface area contributed by atoms with Crippen molar-refractivity contribution in [3.63, 3.8) is 0 Å². The number of pyridine rings is 1. The molecule has 0 bridgehead atoms. The molecule has 7 nitrogen and oxygen atoms in total. The number of hydrazone groups is 1. The Morgan fingerprint density at radius 3 is 2.10 bits per heavy atom. The second-order valence-corrected chi connectivity index (χ2v) is 9.49. The molecule has 41 heavy (non-hydrogen) atoms. The van der Waals surface area contributed by atoms with Gasteiger partial charge in [-0.2, -0.15) is 15.1 Å². The Hall–Kier alpha value is -3.48. The number of allylic oxidation sites excluding steroid dienone is 4. The zero-order chi connectivity index (χ0) is 31.3. The summed E-state index contributed by atoms with van der Waals surface area (Å²) in [7, 11) is 0. The summed E-state index contributed by atoms with van der Waals surface area (Å²) in [6, 6.07) is 8.04. The lowest BCUT2D eigenvalue weighted by atomic mass is 10.2. The number of ether oxygens (including phenoxy) is 1. The molecule has 0 aromatic carbocycles. The summed E-state index contributed by atoms with van der Waals surface area (Å²) in [6.45, 7) is 28.9. The molecule has 0 aliphatic carbocycles. The summed E-state index contributed by atoms with van der Waals surface area (Å²) in [4.78, 5) is 15.7. The Balaban J connectivity index is -0.00000135. The molecule has 0 unspecified atom stereocenters. The predicted molar refractivity (Wildman–Crippen MR) is 183 cm³/mol. The first kappa shape index (κ1) is 39.7. The Bertz CT molecular complexity index is 968. The van der Waals surface area contributed by atoms with Crippen molar-refractivity contribution in [1.29, 1.82) is 0 Å². The molecule has 2 rings (SSSR count). The van der Waals surface area contributed by atoms with Crippen LogP contribution in [-0.4, -0.2) is 40.9 Å². The molecule has 0 radical (unpaired) electrons. The molecule has 0 amide bonds. The van der Waals surface area contributed by atoms with Gasteiger partial charge in [-0.25, -0.2) is 0 Å². The second kappa shape index (κ2) is 28.1. The van der Waals surface area contributed by atoms with Crippen molar-refractivity contribution in [2.45, 2.75) is 101 Å². The largest absolute Gasteiger partial charge is 0.463 e. The van der Waals surface area contributed by atoms with E-state index in [1.807, 2.05) is 37.3 Å². The topological polar surface area (TPSA) is 75.5 Å². The SMILES string of the molecule is C=CC(/C=N/Nc1cc(N(CCC)CCC)nc(OCCc2ccccn2)n1)=C\C(=C)C.CCC.CCC.CCC.[HH]. The van der Waals surface area contributed by atoms with E-state index in [0.29, 0.717) is 24.9 Å². The van der Waals surface area contributed by atoms with E-state index < -0.39 is 0 Å². The molecule has 0 aliphatic rings. The minimum atomic E-state index is 0. The quantitative estimate of drug-likeness (QED) is 0.139. The van der Waals surface area contributed by atoms with Crippen LogP contribution in [0.1, 0.15) is 102 Å². The minimum absolute atomic E-state index is 0.